The zero-order valence-corrected chi connectivity index (χ0v) is 12.9. The summed E-state index contributed by atoms with van der Waals surface area (Å²) in [6.07, 6.45) is 0. The molecule has 0 aliphatic carbocycles. The van der Waals surface area contributed by atoms with E-state index in [0.29, 0.717) is 0 Å². The molecule has 20 heavy (non-hydrogen) atoms. The van der Waals surface area contributed by atoms with Gasteiger partial charge in [0.15, 0.2) is 5.13 Å². The average Bonchev–Trinajstić information content (AvgIpc) is 2.80. The second-order valence-electron chi connectivity index (χ2n) is 4.11. The first-order valence-electron chi connectivity index (χ1n) is 5.82. The third kappa shape index (κ3) is 2.62. The summed E-state index contributed by atoms with van der Waals surface area (Å²) in [5, 5.41) is 3.93. The predicted molar refractivity (Wildman–Crippen MR) is 83.6 cm³/mol. The van der Waals surface area contributed by atoms with E-state index in [4.69, 9.17) is 4.74 Å². The van der Waals surface area contributed by atoms with E-state index in [1.165, 1.54) is 23.5 Å². The Bertz CT molecular complexity index is 775. The number of benzene rings is 2. The number of rotatable bonds is 3. The molecule has 102 valence electrons. The third-order valence-corrected chi connectivity index (χ3v) is 4.31. The number of hydrogen-bond acceptors (Lipinski definition) is 4. The normalized spacial score (nSPS) is 10.8. The lowest BCUT2D eigenvalue weighted by Crippen LogP contribution is -1.90. The minimum absolute atomic E-state index is 0.250. The van der Waals surface area contributed by atoms with Crippen LogP contribution in [0.4, 0.5) is 15.2 Å². The summed E-state index contributed by atoms with van der Waals surface area (Å²) >= 11 is 4.85. The Morgan fingerprint density at radius 3 is 2.85 bits per heavy atom. The highest BCUT2D eigenvalue weighted by Crippen LogP contribution is 2.32. The molecule has 0 aliphatic heterocycles. The third-order valence-electron chi connectivity index (χ3n) is 2.75. The van der Waals surface area contributed by atoms with Crippen molar-refractivity contribution in [2.24, 2.45) is 0 Å². The minimum atomic E-state index is -0.250. The fourth-order valence-corrected chi connectivity index (χ4v) is 3.27. The first-order chi connectivity index (χ1) is 9.65. The van der Waals surface area contributed by atoms with Gasteiger partial charge in [0, 0.05) is 5.69 Å². The molecule has 3 rings (SSSR count). The molecular weight excluding hydrogens is 343 g/mol. The van der Waals surface area contributed by atoms with Crippen LogP contribution in [0.15, 0.2) is 40.9 Å². The van der Waals surface area contributed by atoms with Gasteiger partial charge in [-0.25, -0.2) is 9.37 Å². The number of anilines is 2. The lowest BCUT2D eigenvalue weighted by Gasteiger charge is -2.06. The molecule has 1 aromatic heterocycles. The van der Waals surface area contributed by atoms with Crippen molar-refractivity contribution in [3.8, 4) is 5.75 Å². The molecule has 3 nitrogen and oxygen atoms in total. The van der Waals surface area contributed by atoms with E-state index < -0.39 is 0 Å². The van der Waals surface area contributed by atoms with Gasteiger partial charge in [0.2, 0.25) is 0 Å². The van der Waals surface area contributed by atoms with Crippen molar-refractivity contribution < 1.29 is 9.13 Å². The van der Waals surface area contributed by atoms with E-state index in [-0.39, 0.29) is 5.82 Å². The van der Waals surface area contributed by atoms with E-state index in [2.05, 4.69) is 26.2 Å². The summed E-state index contributed by atoms with van der Waals surface area (Å²) < 4.78 is 20.0. The minimum Gasteiger partial charge on any atom is -0.496 e. The monoisotopic (exact) mass is 352 g/mol. The molecule has 6 heteroatoms. The van der Waals surface area contributed by atoms with Crippen LogP contribution in [0.3, 0.4) is 0 Å². The standard InChI is InChI=1S/C14H10BrFN2OS/c1-19-12-5-3-9(7-10(12)15)17-14-18-11-4-2-8(16)6-13(11)20-14/h2-7H,1H3,(H,17,18). The molecule has 2 aromatic carbocycles. The van der Waals surface area contributed by atoms with E-state index >= 15 is 0 Å². The highest BCUT2D eigenvalue weighted by molar-refractivity contribution is 9.10. The summed E-state index contributed by atoms with van der Waals surface area (Å²) in [6, 6.07) is 10.2. The highest BCUT2D eigenvalue weighted by Gasteiger charge is 2.06. The maximum atomic E-state index is 13.1. The molecule has 0 unspecified atom stereocenters. The zero-order valence-electron chi connectivity index (χ0n) is 10.5. The van der Waals surface area contributed by atoms with Crippen molar-refractivity contribution in [2.45, 2.75) is 0 Å². The molecule has 0 bridgehead atoms. The van der Waals surface area contributed by atoms with Gasteiger partial charge in [0.05, 0.1) is 21.8 Å². The quantitative estimate of drug-likeness (QED) is 0.723. The summed E-state index contributed by atoms with van der Waals surface area (Å²) in [5.41, 5.74) is 1.67. The fraction of sp³-hybridized carbons (Fsp3) is 0.0714. The number of aromatic nitrogens is 1. The molecule has 0 amide bonds. The molecule has 0 spiro atoms. The van der Waals surface area contributed by atoms with Crippen molar-refractivity contribution in [2.75, 3.05) is 12.4 Å². The molecule has 0 saturated carbocycles. The molecular formula is C14H10BrFN2OS. The zero-order chi connectivity index (χ0) is 14.1. The van der Waals surface area contributed by atoms with Gasteiger partial charge >= 0.3 is 0 Å². The van der Waals surface area contributed by atoms with E-state index in [0.717, 1.165) is 31.3 Å². The van der Waals surface area contributed by atoms with Crippen molar-refractivity contribution in [3.63, 3.8) is 0 Å². The number of methoxy groups -OCH3 is 1. The van der Waals surface area contributed by atoms with Crippen LogP contribution in [0.1, 0.15) is 0 Å². The van der Waals surface area contributed by atoms with E-state index in [1.807, 2.05) is 18.2 Å². The topological polar surface area (TPSA) is 34.1 Å². The highest BCUT2D eigenvalue weighted by atomic mass is 79.9. The Balaban J connectivity index is 1.90. The van der Waals surface area contributed by atoms with Crippen LogP contribution < -0.4 is 10.1 Å². The molecule has 0 fully saturated rings. The summed E-state index contributed by atoms with van der Waals surface area (Å²) in [6.45, 7) is 0. The second kappa shape index (κ2) is 5.38. The van der Waals surface area contributed by atoms with Crippen LogP contribution in [-0.4, -0.2) is 12.1 Å². The molecule has 0 radical (unpaired) electrons. The summed E-state index contributed by atoms with van der Waals surface area (Å²) in [4.78, 5) is 4.42. The van der Waals surface area contributed by atoms with Crippen LogP contribution >= 0.6 is 27.3 Å². The van der Waals surface area contributed by atoms with Crippen LogP contribution in [0.5, 0.6) is 5.75 Å². The molecule has 1 N–H and O–H groups in total. The number of halogens is 2. The van der Waals surface area contributed by atoms with Gasteiger partial charge in [-0.3, -0.25) is 0 Å². The molecule has 0 saturated heterocycles. The smallest absolute Gasteiger partial charge is 0.188 e. The Morgan fingerprint density at radius 2 is 2.10 bits per heavy atom. The fourth-order valence-electron chi connectivity index (χ4n) is 1.82. The van der Waals surface area contributed by atoms with Gasteiger partial charge in [-0.1, -0.05) is 11.3 Å². The van der Waals surface area contributed by atoms with Gasteiger partial charge < -0.3 is 10.1 Å². The van der Waals surface area contributed by atoms with Gasteiger partial charge in [0.1, 0.15) is 11.6 Å². The van der Waals surface area contributed by atoms with Crippen molar-refractivity contribution in [1.29, 1.82) is 0 Å². The van der Waals surface area contributed by atoms with Gasteiger partial charge in [0.25, 0.3) is 0 Å². The molecule has 1 heterocycles. The Labute approximate surface area is 127 Å². The van der Waals surface area contributed by atoms with Gasteiger partial charge in [-0.2, -0.15) is 0 Å². The molecule has 3 aromatic rings. The summed E-state index contributed by atoms with van der Waals surface area (Å²) in [5.74, 6) is 0.516. The SMILES string of the molecule is COc1ccc(Nc2nc3ccc(F)cc3s2)cc1Br. The van der Waals surface area contributed by atoms with Gasteiger partial charge in [-0.15, -0.1) is 0 Å². The van der Waals surface area contributed by atoms with Crippen LogP contribution in [0.25, 0.3) is 10.2 Å². The second-order valence-corrected chi connectivity index (χ2v) is 5.99. The average molecular weight is 353 g/mol. The maximum Gasteiger partial charge on any atom is 0.188 e. The Kier molecular flexibility index (Phi) is 3.58. The Hall–Kier alpha value is -1.66. The van der Waals surface area contributed by atoms with Crippen LogP contribution in [0, 0.1) is 5.82 Å². The van der Waals surface area contributed by atoms with E-state index in [1.54, 1.807) is 13.2 Å². The largest absolute Gasteiger partial charge is 0.496 e. The first kappa shape index (κ1) is 13.3. The van der Waals surface area contributed by atoms with Crippen LogP contribution in [0.2, 0.25) is 0 Å². The van der Waals surface area contributed by atoms with Crippen molar-refractivity contribution in [3.05, 3.63) is 46.7 Å². The molecule has 0 aliphatic rings. The number of nitrogens with zero attached hydrogens (tertiary/aromatic N) is 1. The van der Waals surface area contributed by atoms with Crippen molar-refractivity contribution in [1.82, 2.24) is 4.98 Å². The predicted octanol–water partition coefficient (Wildman–Crippen LogP) is 4.95. The number of hydrogen-bond donors (Lipinski definition) is 1. The lowest BCUT2D eigenvalue weighted by molar-refractivity contribution is 0.412. The Morgan fingerprint density at radius 1 is 1.25 bits per heavy atom. The van der Waals surface area contributed by atoms with Crippen LogP contribution in [-0.2, 0) is 0 Å². The van der Waals surface area contributed by atoms with Crippen molar-refractivity contribution >= 4 is 48.3 Å². The number of ether oxygens (including phenoxy) is 1. The molecule has 0 atom stereocenters. The summed E-state index contributed by atoms with van der Waals surface area (Å²) in [7, 11) is 1.62. The number of nitrogens with one attached hydrogen (secondary N) is 1. The lowest BCUT2D eigenvalue weighted by atomic mass is 10.3. The van der Waals surface area contributed by atoms with Gasteiger partial charge in [-0.05, 0) is 52.3 Å². The first-order valence-corrected chi connectivity index (χ1v) is 7.43. The number of fused-ring (bicyclic) bond motifs is 1. The number of thiazole rings is 1. The maximum absolute atomic E-state index is 13.1. The van der Waals surface area contributed by atoms with E-state index in [9.17, 15) is 4.39 Å².